The van der Waals surface area contributed by atoms with Crippen molar-refractivity contribution in [1.82, 2.24) is 29.7 Å². The van der Waals surface area contributed by atoms with Gasteiger partial charge in [0, 0.05) is 52.9 Å². The summed E-state index contributed by atoms with van der Waals surface area (Å²) in [7, 11) is 3.41. The first-order valence-electron chi connectivity index (χ1n) is 23.4. The zero-order chi connectivity index (χ0) is 44.7. The van der Waals surface area contributed by atoms with E-state index in [-0.39, 0.29) is 12.1 Å². The molecule has 7 aromatic rings. The van der Waals surface area contributed by atoms with Crippen LogP contribution in [0.1, 0.15) is 49.0 Å². The number of hydrogen-bond acceptors (Lipinski definition) is 10. The molecule has 6 fully saturated rings. The molecule has 0 N–H and O–H groups in total. The van der Waals surface area contributed by atoms with Crippen molar-refractivity contribution >= 4 is 21.8 Å². The molecule has 334 valence electrons. The zero-order valence-electron chi connectivity index (χ0n) is 37.7. The molecule has 0 saturated carbocycles. The molecule has 9 heterocycles. The van der Waals surface area contributed by atoms with Crippen LogP contribution in [0.3, 0.4) is 0 Å². The van der Waals surface area contributed by atoms with Crippen molar-refractivity contribution in [3.63, 3.8) is 0 Å². The maximum Gasteiger partial charge on any atom is 0.229 e. The van der Waals surface area contributed by atoms with Gasteiger partial charge in [-0.3, -0.25) is 19.8 Å². The third-order valence-electron chi connectivity index (χ3n) is 15.0. The van der Waals surface area contributed by atoms with E-state index < -0.39 is 12.2 Å². The lowest BCUT2D eigenvalue weighted by Gasteiger charge is -2.51. The normalized spacial score (nSPS) is 25.2. The van der Waals surface area contributed by atoms with Crippen LogP contribution in [-0.4, -0.2) is 82.2 Å². The predicted octanol–water partition coefficient (Wildman–Crippen LogP) is 11.0. The zero-order valence-corrected chi connectivity index (χ0v) is 37.7. The predicted molar refractivity (Wildman–Crippen MR) is 260 cm³/mol. The number of aromatic nitrogens is 4. The van der Waals surface area contributed by atoms with Crippen molar-refractivity contribution < 1.29 is 18.9 Å². The Morgan fingerprint density at radius 2 is 1.06 bits per heavy atom. The van der Waals surface area contributed by atoms with Gasteiger partial charge in [-0.25, -0.2) is 0 Å². The smallest absolute Gasteiger partial charge is 0.229 e. The summed E-state index contributed by atoms with van der Waals surface area (Å²) in [4.78, 5) is 25.7. The van der Waals surface area contributed by atoms with Crippen molar-refractivity contribution in [1.29, 1.82) is 0 Å². The summed E-state index contributed by atoms with van der Waals surface area (Å²) >= 11 is 0. The number of methoxy groups -OCH3 is 2. The van der Waals surface area contributed by atoms with E-state index in [1.807, 2.05) is 73.1 Å². The SMILES string of the molecule is C=CC1CN2CCC1CC2C(Oc1nc(-c2ccccc2)nc(O[C@H](c2ccnc3ccc(OC)cc23)C2CC3CCN2CC3C=C)c1-c1ccccc1)c1ccnc2ccc(OC)cc12. The third kappa shape index (κ3) is 7.75. The maximum absolute atomic E-state index is 7.73. The number of ether oxygens (including phenoxy) is 4. The van der Waals surface area contributed by atoms with Crippen molar-refractivity contribution in [2.45, 2.75) is 50.0 Å². The molecule has 66 heavy (non-hydrogen) atoms. The van der Waals surface area contributed by atoms with Crippen molar-refractivity contribution in [3.8, 4) is 45.8 Å². The van der Waals surface area contributed by atoms with E-state index in [0.29, 0.717) is 46.8 Å². The number of piperidine rings is 6. The van der Waals surface area contributed by atoms with Gasteiger partial charge in [-0.2, -0.15) is 9.97 Å². The highest BCUT2D eigenvalue weighted by Crippen LogP contribution is 2.49. The van der Waals surface area contributed by atoms with Crippen molar-refractivity contribution in [2.24, 2.45) is 23.7 Å². The minimum Gasteiger partial charge on any atom is -0.497 e. The molecule has 9 unspecified atom stereocenters. The highest BCUT2D eigenvalue weighted by molar-refractivity contribution is 5.85. The fourth-order valence-corrected chi connectivity index (χ4v) is 11.5. The minimum absolute atomic E-state index is 0.0502. The van der Waals surface area contributed by atoms with Crippen LogP contribution in [0.5, 0.6) is 23.3 Å². The molecule has 0 spiro atoms. The molecule has 0 radical (unpaired) electrons. The summed E-state index contributed by atoms with van der Waals surface area (Å²) in [5, 5.41) is 1.97. The van der Waals surface area contributed by atoms with Crippen LogP contribution in [0.15, 0.2) is 147 Å². The molecule has 6 aliphatic rings. The number of nitrogens with zero attached hydrogens (tertiary/aromatic N) is 6. The maximum atomic E-state index is 7.73. The topological polar surface area (TPSA) is 95.0 Å². The van der Waals surface area contributed by atoms with Crippen LogP contribution < -0.4 is 18.9 Å². The van der Waals surface area contributed by atoms with E-state index >= 15 is 0 Å². The molecule has 6 aliphatic heterocycles. The Hall–Kier alpha value is -6.62. The van der Waals surface area contributed by atoms with Crippen LogP contribution in [0.25, 0.3) is 44.3 Å². The van der Waals surface area contributed by atoms with Gasteiger partial charge in [-0.1, -0.05) is 72.8 Å². The van der Waals surface area contributed by atoms with Gasteiger partial charge in [0.25, 0.3) is 0 Å². The van der Waals surface area contributed by atoms with Crippen LogP contribution in [0.4, 0.5) is 0 Å². The molecular weight excluding hydrogens is 821 g/mol. The van der Waals surface area contributed by atoms with E-state index in [0.717, 1.165) is 107 Å². The Labute approximate surface area is 387 Å². The molecule has 10 heteroatoms. The summed E-state index contributed by atoms with van der Waals surface area (Å²) in [6.07, 6.45) is 11.4. The third-order valence-corrected chi connectivity index (χ3v) is 15.0. The van der Waals surface area contributed by atoms with Gasteiger partial charge >= 0.3 is 0 Å². The summed E-state index contributed by atoms with van der Waals surface area (Å²) in [5.41, 5.74) is 6.29. The van der Waals surface area contributed by atoms with E-state index in [9.17, 15) is 0 Å². The summed E-state index contributed by atoms with van der Waals surface area (Å²) in [6.45, 7) is 12.3. The van der Waals surface area contributed by atoms with Gasteiger partial charge in [0.05, 0.1) is 37.3 Å². The van der Waals surface area contributed by atoms with E-state index in [4.69, 9.17) is 38.9 Å². The van der Waals surface area contributed by atoms with E-state index in [1.54, 1.807) is 14.2 Å². The molecule has 10 atom stereocenters. The molecular formula is C56H56N6O4. The quantitative estimate of drug-likeness (QED) is 0.0983. The molecule has 6 saturated heterocycles. The average Bonchev–Trinajstić information content (AvgIpc) is 3.39. The van der Waals surface area contributed by atoms with Gasteiger partial charge in [-0.05, 0) is 117 Å². The molecule has 13 rings (SSSR count). The lowest BCUT2D eigenvalue weighted by Crippen LogP contribution is -2.55. The monoisotopic (exact) mass is 876 g/mol. The second-order valence-electron chi connectivity index (χ2n) is 18.4. The highest BCUT2D eigenvalue weighted by Gasteiger charge is 2.46. The van der Waals surface area contributed by atoms with E-state index in [2.05, 4.69) is 83.6 Å². The Bertz CT molecular complexity index is 2740. The lowest BCUT2D eigenvalue weighted by molar-refractivity contribution is -0.0388. The van der Waals surface area contributed by atoms with Crippen LogP contribution in [0, 0.1) is 23.7 Å². The largest absolute Gasteiger partial charge is 0.497 e. The molecule has 4 bridgehead atoms. The number of benzene rings is 4. The standard InChI is InChI=1S/C56H56N6O4/c1-5-35-33-61-27-23-39(35)29-49(61)52(43-21-25-57-47-19-17-41(63-3)31-45(43)47)65-55-51(37-13-9-7-10-14-37)56(60-54(59-55)38-15-11-8-12-16-38)66-53(50-30-40-24-28-62(50)34-36(40)6-2)44-22-26-58-48-20-18-42(64-4)32-46(44)48/h5-22,25-26,31-32,35-36,39-40,49-50,52-53H,1-2,23-24,27-30,33-34H2,3-4H3/t35?,36?,39?,40?,49?,50?,52-,53?/m1/s1. The Kier molecular flexibility index (Phi) is 11.5. The fourth-order valence-electron chi connectivity index (χ4n) is 11.5. The number of rotatable bonds is 14. The van der Waals surface area contributed by atoms with Gasteiger partial charge in [0.1, 0.15) is 29.3 Å². The van der Waals surface area contributed by atoms with Crippen molar-refractivity contribution in [2.75, 3.05) is 40.4 Å². The van der Waals surface area contributed by atoms with Crippen molar-refractivity contribution in [3.05, 3.63) is 158 Å². The van der Waals surface area contributed by atoms with Crippen LogP contribution in [0.2, 0.25) is 0 Å². The first-order chi connectivity index (χ1) is 32.5. The average molecular weight is 877 g/mol. The number of fused-ring (bicyclic) bond motifs is 8. The first-order valence-corrected chi connectivity index (χ1v) is 23.4. The van der Waals surface area contributed by atoms with Gasteiger partial charge in [0.15, 0.2) is 5.82 Å². The van der Waals surface area contributed by atoms with Gasteiger partial charge in [-0.15, -0.1) is 13.2 Å². The Morgan fingerprint density at radius 3 is 1.48 bits per heavy atom. The molecule has 0 aliphatic carbocycles. The molecule has 10 nitrogen and oxygen atoms in total. The van der Waals surface area contributed by atoms with Gasteiger partial charge in [0.2, 0.25) is 11.8 Å². The molecule has 3 aromatic heterocycles. The van der Waals surface area contributed by atoms with Crippen LogP contribution >= 0.6 is 0 Å². The minimum atomic E-state index is -0.437. The second kappa shape index (κ2) is 18.0. The lowest BCUT2D eigenvalue weighted by atomic mass is 9.73. The Morgan fingerprint density at radius 1 is 0.591 bits per heavy atom. The molecule has 4 aromatic carbocycles. The highest BCUT2D eigenvalue weighted by atomic mass is 16.5. The van der Waals surface area contributed by atoms with Gasteiger partial charge < -0.3 is 18.9 Å². The summed E-state index contributed by atoms with van der Waals surface area (Å²) < 4.78 is 27.1. The van der Waals surface area contributed by atoms with E-state index in [1.165, 1.54) is 0 Å². The number of pyridine rings is 2. The Balaban J connectivity index is 1.13. The first kappa shape index (κ1) is 42.0. The van der Waals surface area contributed by atoms with Crippen LogP contribution in [-0.2, 0) is 0 Å². The summed E-state index contributed by atoms with van der Waals surface area (Å²) in [5.74, 6) is 4.84. The fraction of sp³-hybridized carbons (Fsp3) is 0.321. The second-order valence-corrected chi connectivity index (χ2v) is 18.4. The summed E-state index contributed by atoms with van der Waals surface area (Å²) in [6, 6.07) is 37.0. The molecule has 0 amide bonds. The number of hydrogen-bond donors (Lipinski definition) is 0.